The molecule has 4 fully saturated rings. The number of imide groups is 1. The maximum Gasteiger partial charge on any atom is 0.322 e. The van der Waals surface area contributed by atoms with Gasteiger partial charge in [-0.25, -0.2) is 9.18 Å². The Bertz CT molecular complexity index is 822. The molecule has 4 aliphatic rings. The lowest BCUT2D eigenvalue weighted by atomic mass is 9.53. The molecule has 31 heavy (non-hydrogen) atoms. The highest BCUT2D eigenvalue weighted by Gasteiger charge is 2.51. The molecule has 4 aliphatic carbocycles. The predicted molar refractivity (Wildman–Crippen MR) is 114 cm³/mol. The Kier molecular flexibility index (Phi) is 6.01. The number of carbonyl (C=O) groups excluding carboxylic acids is 3. The van der Waals surface area contributed by atoms with E-state index in [1.807, 2.05) is 0 Å². The van der Waals surface area contributed by atoms with E-state index in [9.17, 15) is 18.8 Å². The molecule has 4 bridgehead atoms. The van der Waals surface area contributed by atoms with E-state index in [0.29, 0.717) is 28.3 Å². The zero-order valence-electron chi connectivity index (χ0n) is 18.2. The number of urea groups is 1. The van der Waals surface area contributed by atoms with Crippen LogP contribution in [0, 0.1) is 23.6 Å². The van der Waals surface area contributed by atoms with E-state index in [4.69, 9.17) is 0 Å². The van der Waals surface area contributed by atoms with Gasteiger partial charge in [-0.1, -0.05) is 0 Å². The van der Waals surface area contributed by atoms with Crippen LogP contribution < -0.4 is 20.9 Å². The molecule has 0 saturated heterocycles. The van der Waals surface area contributed by atoms with E-state index < -0.39 is 18.0 Å². The number of hydrogen-bond acceptors (Lipinski definition) is 3. The third-order valence-electron chi connectivity index (χ3n) is 7.35. The first-order valence-electron chi connectivity index (χ1n) is 11.2. The van der Waals surface area contributed by atoms with Crippen LogP contribution in [0.1, 0.15) is 45.4 Å². The minimum atomic E-state index is -0.582. The molecule has 168 valence electrons. The molecule has 5 rings (SSSR count). The van der Waals surface area contributed by atoms with Crippen LogP contribution >= 0.6 is 0 Å². The van der Waals surface area contributed by atoms with E-state index in [2.05, 4.69) is 16.0 Å². The number of quaternary nitrogens is 1. The molecule has 4 saturated carbocycles. The van der Waals surface area contributed by atoms with Crippen LogP contribution in [-0.4, -0.2) is 43.0 Å². The van der Waals surface area contributed by atoms with Crippen LogP contribution in [-0.2, 0) is 9.59 Å². The highest BCUT2D eigenvalue weighted by atomic mass is 19.1. The van der Waals surface area contributed by atoms with E-state index in [-0.39, 0.29) is 23.8 Å². The Morgan fingerprint density at radius 1 is 1.06 bits per heavy atom. The molecule has 0 radical (unpaired) electrons. The van der Waals surface area contributed by atoms with Gasteiger partial charge in [0.2, 0.25) is 0 Å². The number of hydrogen-bond donors (Lipinski definition) is 4. The number of nitrogens with one attached hydrogen (secondary N) is 4. The molecule has 0 aliphatic heterocycles. The average molecular weight is 432 g/mol. The minimum Gasteiger partial charge on any atom is -0.332 e. The number of benzene rings is 1. The summed E-state index contributed by atoms with van der Waals surface area (Å²) < 4.78 is 13.0. The van der Waals surface area contributed by atoms with Crippen LogP contribution in [0.2, 0.25) is 0 Å². The lowest BCUT2D eigenvalue weighted by molar-refractivity contribution is -0.885. The predicted octanol–water partition coefficient (Wildman–Crippen LogP) is 1.46. The van der Waals surface area contributed by atoms with Gasteiger partial charge in [-0.05, 0) is 87.5 Å². The fourth-order valence-electron chi connectivity index (χ4n) is 6.12. The lowest BCUT2D eigenvalue weighted by Crippen LogP contribution is -3.15. The van der Waals surface area contributed by atoms with Crippen molar-refractivity contribution < 1.29 is 23.7 Å². The molecule has 2 atom stereocenters. The highest BCUT2D eigenvalue weighted by molar-refractivity contribution is 5.96. The zero-order valence-corrected chi connectivity index (χ0v) is 18.2. The zero-order chi connectivity index (χ0) is 22.2. The molecule has 8 heteroatoms. The van der Waals surface area contributed by atoms with Crippen LogP contribution in [0.3, 0.4) is 0 Å². The van der Waals surface area contributed by atoms with Crippen molar-refractivity contribution in [3.63, 3.8) is 0 Å². The van der Waals surface area contributed by atoms with Crippen LogP contribution in [0.25, 0.3) is 0 Å². The maximum absolute atomic E-state index is 13.0. The van der Waals surface area contributed by atoms with Crippen molar-refractivity contribution in [2.45, 2.75) is 57.0 Å². The molecule has 0 spiro atoms. The van der Waals surface area contributed by atoms with Crippen molar-refractivity contribution in [1.82, 2.24) is 10.6 Å². The topological polar surface area (TPSA) is 91.7 Å². The first-order valence-corrected chi connectivity index (χ1v) is 11.2. The third kappa shape index (κ3) is 5.06. The highest BCUT2D eigenvalue weighted by Crippen LogP contribution is 2.55. The van der Waals surface area contributed by atoms with Gasteiger partial charge in [0, 0.05) is 11.2 Å². The Morgan fingerprint density at radius 3 is 2.16 bits per heavy atom. The minimum absolute atomic E-state index is 0.0442. The Labute approximate surface area is 182 Å². The second-order valence-corrected chi connectivity index (χ2v) is 9.94. The van der Waals surface area contributed by atoms with Gasteiger partial charge in [0.05, 0.1) is 7.05 Å². The van der Waals surface area contributed by atoms with Gasteiger partial charge in [-0.3, -0.25) is 14.9 Å². The van der Waals surface area contributed by atoms with Gasteiger partial charge in [-0.15, -0.1) is 0 Å². The number of halogens is 1. The van der Waals surface area contributed by atoms with Crippen molar-refractivity contribution in [3.8, 4) is 0 Å². The first kappa shape index (κ1) is 21.7. The van der Waals surface area contributed by atoms with Gasteiger partial charge < -0.3 is 15.5 Å². The van der Waals surface area contributed by atoms with Gasteiger partial charge in [0.15, 0.2) is 12.6 Å². The molecule has 4 N–H and O–H groups in total. The number of amides is 4. The van der Waals surface area contributed by atoms with E-state index in [0.717, 1.165) is 19.3 Å². The fraction of sp³-hybridized carbons (Fsp3) is 0.609. The Balaban J connectivity index is 1.25. The monoisotopic (exact) mass is 431 g/mol. The van der Waals surface area contributed by atoms with E-state index in [1.54, 1.807) is 14.0 Å². The fourth-order valence-corrected chi connectivity index (χ4v) is 6.12. The molecule has 1 unspecified atom stereocenters. The summed E-state index contributed by atoms with van der Waals surface area (Å²) in [7, 11) is 1.73. The maximum atomic E-state index is 13.0. The second-order valence-electron chi connectivity index (χ2n) is 9.94. The summed E-state index contributed by atoms with van der Waals surface area (Å²) in [5.41, 5.74) is 0.335. The van der Waals surface area contributed by atoms with Crippen LogP contribution in [0.4, 0.5) is 14.9 Å². The van der Waals surface area contributed by atoms with Gasteiger partial charge in [-0.2, -0.15) is 0 Å². The van der Waals surface area contributed by atoms with E-state index >= 15 is 0 Å². The van der Waals surface area contributed by atoms with Crippen molar-refractivity contribution >= 4 is 23.5 Å². The standard InChI is InChI=1S/C23H31FN4O3/c1-14(28(2)13-20(29)25-19-5-3-18(24)4-6-19)21(30)26-22(31)27-23-10-15-7-16(11-23)9-17(8-15)12-23/h3-6,14-17H,7-13H2,1-2H3,(H,25,29)(H2,26,27,30,31)/p+1/t14-,15?,16?,17?,23?/m0/s1. The van der Waals surface area contributed by atoms with Crippen molar-refractivity contribution in [3.05, 3.63) is 30.1 Å². The quantitative estimate of drug-likeness (QED) is 0.550. The summed E-state index contributed by atoms with van der Waals surface area (Å²) in [6.07, 6.45) is 6.91. The summed E-state index contributed by atoms with van der Waals surface area (Å²) in [5, 5.41) is 8.30. The van der Waals surface area contributed by atoms with Crippen molar-refractivity contribution in [2.24, 2.45) is 17.8 Å². The smallest absolute Gasteiger partial charge is 0.322 e. The first-order chi connectivity index (χ1) is 14.7. The lowest BCUT2D eigenvalue weighted by Gasteiger charge is -2.56. The van der Waals surface area contributed by atoms with Crippen LogP contribution in [0.5, 0.6) is 0 Å². The van der Waals surface area contributed by atoms with Gasteiger partial charge in [0.1, 0.15) is 5.82 Å². The molecule has 0 heterocycles. The SMILES string of the molecule is C[C@@H](C(=O)NC(=O)NC12CC3CC(CC(C3)C1)C2)[NH+](C)CC(=O)Nc1ccc(F)cc1. The summed E-state index contributed by atoms with van der Waals surface area (Å²) in [6.45, 7) is 1.73. The summed E-state index contributed by atoms with van der Waals surface area (Å²) in [4.78, 5) is 38.1. The Morgan fingerprint density at radius 2 is 1.61 bits per heavy atom. The summed E-state index contributed by atoms with van der Waals surface area (Å²) in [6, 6.07) is 4.49. The summed E-state index contributed by atoms with van der Waals surface area (Å²) in [5.74, 6) is 1.04. The normalized spacial score (nSPS) is 30.4. The summed E-state index contributed by atoms with van der Waals surface area (Å²) >= 11 is 0. The largest absolute Gasteiger partial charge is 0.332 e. The van der Waals surface area contributed by atoms with Crippen molar-refractivity contribution in [1.29, 1.82) is 0 Å². The average Bonchev–Trinajstić information content (AvgIpc) is 2.67. The second kappa shape index (κ2) is 8.57. The van der Waals surface area contributed by atoms with Crippen LogP contribution in [0.15, 0.2) is 24.3 Å². The molecular weight excluding hydrogens is 399 g/mol. The molecule has 4 amide bonds. The molecule has 7 nitrogen and oxygen atoms in total. The molecule has 1 aromatic carbocycles. The number of rotatable bonds is 6. The van der Waals surface area contributed by atoms with Gasteiger partial charge >= 0.3 is 6.03 Å². The number of carbonyl (C=O) groups is 3. The Hall–Kier alpha value is -2.48. The third-order valence-corrected chi connectivity index (χ3v) is 7.35. The number of likely N-dealkylation sites (N-methyl/N-ethyl adjacent to an activating group) is 1. The number of anilines is 1. The molecule has 1 aromatic rings. The molecule has 0 aromatic heterocycles. The van der Waals surface area contributed by atoms with E-state index in [1.165, 1.54) is 43.5 Å². The van der Waals surface area contributed by atoms with Crippen molar-refractivity contribution in [2.75, 3.05) is 18.9 Å². The van der Waals surface area contributed by atoms with Gasteiger partial charge in [0.25, 0.3) is 11.8 Å². The molecular formula is C23H32FN4O3+.